The highest BCUT2D eigenvalue weighted by molar-refractivity contribution is 5.14. The zero-order valence-corrected chi connectivity index (χ0v) is 23.3. The van der Waals surface area contributed by atoms with Crippen LogP contribution in [0.2, 0.25) is 0 Å². The zero-order valence-electron chi connectivity index (χ0n) is 23.3. The molecule has 0 bridgehead atoms. The van der Waals surface area contributed by atoms with Crippen LogP contribution in [0.5, 0.6) is 0 Å². The molecule has 4 fully saturated rings. The van der Waals surface area contributed by atoms with Gasteiger partial charge in [0.05, 0.1) is 18.3 Å². The molecule has 0 amide bonds. The Morgan fingerprint density at radius 3 is 2.18 bits per heavy atom. The Labute approximate surface area is 209 Å². The number of aliphatic hydroxyl groups is 3. The lowest BCUT2D eigenvalue weighted by Crippen LogP contribution is -2.60. The van der Waals surface area contributed by atoms with Crippen molar-refractivity contribution in [1.82, 2.24) is 0 Å². The Kier molecular flexibility index (Phi) is 7.20. The van der Waals surface area contributed by atoms with Crippen molar-refractivity contribution in [2.45, 2.75) is 125 Å². The molecule has 0 aromatic heterocycles. The fraction of sp³-hybridized carbons (Fsp3) is 0.935. The Morgan fingerprint density at radius 2 is 1.53 bits per heavy atom. The van der Waals surface area contributed by atoms with E-state index in [0.717, 1.165) is 12.3 Å². The highest BCUT2D eigenvalue weighted by Gasteiger charge is 2.63. The molecule has 4 aliphatic rings. The summed E-state index contributed by atoms with van der Waals surface area (Å²) in [6.07, 6.45) is 9.30. The Balaban J connectivity index is 1.51. The number of rotatable bonds is 5. The number of allylic oxidation sites excluding steroid dienone is 2. The number of hydrogen-bond acceptors (Lipinski definition) is 3. The number of fused-ring (bicyclic) bond motifs is 5. The van der Waals surface area contributed by atoms with Gasteiger partial charge in [0.1, 0.15) is 0 Å². The smallest absolute Gasteiger partial charge is 0.0804 e. The van der Waals surface area contributed by atoms with Gasteiger partial charge in [-0.2, -0.15) is 0 Å². The minimum absolute atomic E-state index is 0.0473. The van der Waals surface area contributed by atoms with Crippen molar-refractivity contribution in [3.63, 3.8) is 0 Å². The van der Waals surface area contributed by atoms with Gasteiger partial charge in [-0.15, -0.1) is 0 Å². The van der Waals surface area contributed by atoms with Crippen LogP contribution in [0.25, 0.3) is 0 Å². The second-order valence-corrected chi connectivity index (χ2v) is 14.6. The van der Waals surface area contributed by atoms with Crippen molar-refractivity contribution in [3.05, 3.63) is 11.6 Å². The van der Waals surface area contributed by atoms with Gasteiger partial charge < -0.3 is 15.3 Å². The van der Waals surface area contributed by atoms with Gasteiger partial charge in [-0.3, -0.25) is 0 Å². The minimum atomic E-state index is -0.674. The number of hydrogen-bond donors (Lipinski definition) is 3. The molecule has 11 atom stereocenters. The van der Waals surface area contributed by atoms with E-state index in [1.165, 1.54) is 37.7 Å². The summed E-state index contributed by atoms with van der Waals surface area (Å²) in [6.45, 7) is 19.1. The van der Waals surface area contributed by atoms with E-state index in [4.69, 9.17) is 0 Å². The topological polar surface area (TPSA) is 60.7 Å². The summed E-state index contributed by atoms with van der Waals surface area (Å²) in [5.41, 5.74) is 2.10. The van der Waals surface area contributed by atoms with E-state index in [0.29, 0.717) is 47.8 Å². The maximum absolute atomic E-state index is 11.3. The van der Waals surface area contributed by atoms with Crippen molar-refractivity contribution in [3.8, 4) is 0 Å². The van der Waals surface area contributed by atoms with Gasteiger partial charge in [0.25, 0.3) is 0 Å². The van der Waals surface area contributed by atoms with E-state index in [9.17, 15) is 15.3 Å². The molecule has 0 aliphatic heterocycles. The molecule has 34 heavy (non-hydrogen) atoms. The molecule has 0 spiro atoms. The molecule has 4 rings (SSSR count). The predicted molar refractivity (Wildman–Crippen MR) is 140 cm³/mol. The summed E-state index contributed by atoms with van der Waals surface area (Å²) >= 11 is 0. The first kappa shape index (κ1) is 26.7. The van der Waals surface area contributed by atoms with Crippen LogP contribution < -0.4 is 0 Å². The minimum Gasteiger partial charge on any atom is -0.393 e. The first-order chi connectivity index (χ1) is 15.7. The lowest BCUT2D eigenvalue weighted by atomic mass is 9.43. The second kappa shape index (κ2) is 9.18. The molecule has 0 aromatic rings. The van der Waals surface area contributed by atoms with Crippen molar-refractivity contribution in [2.24, 2.45) is 57.7 Å². The largest absolute Gasteiger partial charge is 0.393 e. The van der Waals surface area contributed by atoms with E-state index in [-0.39, 0.29) is 22.9 Å². The van der Waals surface area contributed by atoms with Crippen LogP contribution in [-0.4, -0.2) is 33.6 Å². The maximum Gasteiger partial charge on any atom is 0.0804 e. The molecule has 196 valence electrons. The van der Waals surface area contributed by atoms with Gasteiger partial charge in [-0.1, -0.05) is 60.1 Å². The third kappa shape index (κ3) is 4.14. The first-order valence-corrected chi connectivity index (χ1v) is 14.4. The fourth-order valence-corrected chi connectivity index (χ4v) is 9.55. The normalized spacial score (nSPS) is 48.3. The molecular formula is C31H54O3. The lowest BCUT2D eigenvalue weighted by Gasteiger charge is -2.62. The Morgan fingerprint density at radius 1 is 0.882 bits per heavy atom. The van der Waals surface area contributed by atoms with Crippen LogP contribution in [0, 0.1) is 57.7 Å². The summed E-state index contributed by atoms with van der Waals surface area (Å²) < 4.78 is 0. The summed E-state index contributed by atoms with van der Waals surface area (Å²) in [6, 6.07) is 0. The highest BCUT2D eigenvalue weighted by atomic mass is 16.3. The molecule has 0 aromatic carbocycles. The van der Waals surface area contributed by atoms with Gasteiger partial charge in [-0.05, 0) is 116 Å². The van der Waals surface area contributed by atoms with Crippen LogP contribution in [0.15, 0.2) is 11.6 Å². The summed E-state index contributed by atoms with van der Waals surface area (Å²) in [5, 5.41) is 32.2. The van der Waals surface area contributed by atoms with Gasteiger partial charge in [0.15, 0.2) is 0 Å². The maximum atomic E-state index is 11.3. The zero-order chi connectivity index (χ0) is 25.2. The van der Waals surface area contributed by atoms with Gasteiger partial charge in [0.2, 0.25) is 0 Å². The molecule has 0 heterocycles. The Bertz CT molecular complexity index is 771. The molecular weight excluding hydrogens is 420 g/mol. The van der Waals surface area contributed by atoms with Crippen molar-refractivity contribution in [1.29, 1.82) is 0 Å². The van der Waals surface area contributed by atoms with E-state index in [1.54, 1.807) is 0 Å². The molecule has 4 saturated carbocycles. The summed E-state index contributed by atoms with van der Waals surface area (Å²) in [5.74, 6) is 4.04. The van der Waals surface area contributed by atoms with Crippen molar-refractivity contribution < 1.29 is 15.3 Å². The average molecular weight is 475 g/mol. The van der Waals surface area contributed by atoms with Gasteiger partial charge in [-0.25, -0.2) is 0 Å². The Hall–Kier alpha value is -0.380. The van der Waals surface area contributed by atoms with Crippen molar-refractivity contribution in [2.75, 3.05) is 0 Å². The van der Waals surface area contributed by atoms with E-state index in [2.05, 4.69) is 61.5 Å². The molecule has 11 unspecified atom stereocenters. The first-order valence-electron chi connectivity index (χ1n) is 14.4. The van der Waals surface area contributed by atoms with E-state index in [1.807, 2.05) is 0 Å². The monoisotopic (exact) mass is 474 g/mol. The van der Waals surface area contributed by atoms with E-state index >= 15 is 0 Å². The standard InChI is InChI=1S/C31H54O3/c1-18(2)29(5,6)20(4)10-9-19(3)22-11-12-23-21-15-26(32)25-16-27(33)28(34)17-31(25,8)24(21)13-14-30(22,23)7/h10,18-19,21-28,32-34H,9,11-17H2,1-8H3. The van der Waals surface area contributed by atoms with Gasteiger partial charge >= 0.3 is 0 Å². The molecule has 3 N–H and O–H groups in total. The quantitative estimate of drug-likeness (QED) is 0.393. The van der Waals surface area contributed by atoms with Crippen molar-refractivity contribution >= 4 is 0 Å². The second-order valence-electron chi connectivity index (χ2n) is 14.6. The number of aliphatic hydroxyl groups excluding tert-OH is 3. The molecule has 3 heteroatoms. The molecule has 0 saturated heterocycles. The fourth-order valence-electron chi connectivity index (χ4n) is 9.55. The highest BCUT2D eigenvalue weighted by Crippen LogP contribution is 2.68. The van der Waals surface area contributed by atoms with Crippen LogP contribution in [0.3, 0.4) is 0 Å². The third-order valence-electron chi connectivity index (χ3n) is 12.7. The van der Waals surface area contributed by atoms with Crippen LogP contribution in [0.4, 0.5) is 0 Å². The molecule has 3 nitrogen and oxygen atoms in total. The lowest BCUT2D eigenvalue weighted by molar-refractivity contribution is -0.195. The summed E-state index contributed by atoms with van der Waals surface area (Å²) in [7, 11) is 0. The third-order valence-corrected chi connectivity index (χ3v) is 12.7. The molecule has 4 aliphatic carbocycles. The SMILES string of the molecule is CC(=CCC(C)C1CCC2C3CC(O)C4CC(O)C(O)CC4(C)C3CCC12C)C(C)(C)C(C)C. The molecule has 0 radical (unpaired) electrons. The van der Waals surface area contributed by atoms with Crippen LogP contribution in [-0.2, 0) is 0 Å². The average Bonchev–Trinajstić information content (AvgIpc) is 3.11. The van der Waals surface area contributed by atoms with Gasteiger partial charge in [0, 0.05) is 0 Å². The predicted octanol–water partition coefficient (Wildman–Crippen LogP) is 6.60. The van der Waals surface area contributed by atoms with Crippen LogP contribution >= 0.6 is 0 Å². The van der Waals surface area contributed by atoms with E-state index < -0.39 is 12.2 Å². The summed E-state index contributed by atoms with van der Waals surface area (Å²) in [4.78, 5) is 0. The van der Waals surface area contributed by atoms with Crippen LogP contribution in [0.1, 0.15) is 107 Å².